The molecule has 1 unspecified atom stereocenters. The Morgan fingerprint density at radius 1 is 1.29 bits per heavy atom. The van der Waals surface area contributed by atoms with Crippen molar-refractivity contribution < 1.29 is 0 Å². The van der Waals surface area contributed by atoms with Gasteiger partial charge in [0.25, 0.3) is 0 Å². The average Bonchev–Trinajstić information content (AvgIpc) is 2.13. The fourth-order valence-electron chi connectivity index (χ4n) is 2.32. The Kier molecular flexibility index (Phi) is 4.14. The van der Waals surface area contributed by atoms with Crippen molar-refractivity contribution in [1.82, 2.24) is 10.2 Å². The van der Waals surface area contributed by atoms with Gasteiger partial charge in [0.15, 0.2) is 0 Å². The van der Waals surface area contributed by atoms with Gasteiger partial charge in [-0.05, 0) is 32.9 Å². The number of hydrogen-bond donors (Lipinski definition) is 1. The van der Waals surface area contributed by atoms with E-state index in [1.165, 1.54) is 50.4 Å². The summed E-state index contributed by atoms with van der Waals surface area (Å²) >= 11 is 2.06. The second kappa shape index (κ2) is 5.38. The molecule has 1 atom stereocenters. The number of hydrogen-bond acceptors (Lipinski definition) is 3. The monoisotopic (exact) mass is 214 g/mol. The minimum absolute atomic E-state index is 0.680. The number of piperidine rings is 1. The van der Waals surface area contributed by atoms with E-state index < -0.39 is 0 Å². The summed E-state index contributed by atoms with van der Waals surface area (Å²) in [7, 11) is 0. The molecule has 0 amide bonds. The maximum absolute atomic E-state index is 3.70. The molecule has 2 nitrogen and oxygen atoms in total. The van der Waals surface area contributed by atoms with E-state index in [0.29, 0.717) is 6.04 Å². The summed E-state index contributed by atoms with van der Waals surface area (Å²) in [6.07, 6.45) is 4.26. The minimum atomic E-state index is 0.680. The second-order valence-electron chi connectivity index (χ2n) is 4.66. The molecule has 1 N–H and O–H groups in total. The molecule has 14 heavy (non-hydrogen) atoms. The summed E-state index contributed by atoms with van der Waals surface area (Å²) in [5, 5.41) is 3.70. The molecule has 2 fully saturated rings. The molecule has 3 heteroatoms. The van der Waals surface area contributed by atoms with Gasteiger partial charge in [0.05, 0.1) is 0 Å². The van der Waals surface area contributed by atoms with Crippen LogP contribution in [-0.4, -0.2) is 48.1 Å². The van der Waals surface area contributed by atoms with Gasteiger partial charge < -0.3 is 10.2 Å². The van der Waals surface area contributed by atoms with E-state index >= 15 is 0 Å². The molecular weight excluding hydrogens is 192 g/mol. The first-order valence-electron chi connectivity index (χ1n) is 5.91. The lowest BCUT2D eigenvalue weighted by atomic mass is 10.1. The number of thioether (sulfide) groups is 1. The molecule has 0 radical (unpaired) electrons. The van der Waals surface area contributed by atoms with Gasteiger partial charge in [-0.1, -0.05) is 6.42 Å². The lowest BCUT2D eigenvalue weighted by molar-refractivity contribution is 0.206. The van der Waals surface area contributed by atoms with Crippen molar-refractivity contribution in [1.29, 1.82) is 0 Å². The van der Waals surface area contributed by atoms with E-state index in [0.717, 1.165) is 6.04 Å². The highest BCUT2D eigenvalue weighted by Crippen LogP contribution is 2.18. The molecule has 2 rings (SSSR count). The van der Waals surface area contributed by atoms with Crippen LogP contribution in [0.2, 0.25) is 0 Å². The lowest BCUT2D eigenvalue weighted by Crippen LogP contribution is -2.49. The molecule has 2 heterocycles. The van der Waals surface area contributed by atoms with Crippen LogP contribution in [-0.2, 0) is 0 Å². The van der Waals surface area contributed by atoms with E-state index in [1.807, 2.05) is 0 Å². The zero-order valence-corrected chi connectivity index (χ0v) is 9.98. The molecule has 0 aromatic rings. The SMILES string of the molecule is CC(CN1CCCCC1)NC1CSC1. The van der Waals surface area contributed by atoms with Crippen molar-refractivity contribution >= 4 is 11.8 Å². The summed E-state index contributed by atoms with van der Waals surface area (Å²) in [5.74, 6) is 2.65. The summed E-state index contributed by atoms with van der Waals surface area (Å²) < 4.78 is 0. The van der Waals surface area contributed by atoms with Crippen LogP contribution in [0.1, 0.15) is 26.2 Å². The van der Waals surface area contributed by atoms with E-state index in [4.69, 9.17) is 0 Å². The molecule has 82 valence electrons. The number of rotatable bonds is 4. The third-order valence-corrected chi connectivity index (χ3v) is 4.42. The van der Waals surface area contributed by atoms with Crippen LogP contribution >= 0.6 is 11.8 Å². The predicted octanol–water partition coefficient (Wildman–Crippen LogP) is 1.57. The van der Waals surface area contributed by atoms with Gasteiger partial charge in [-0.3, -0.25) is 0 Å². The fraction of sp³-hybridized carbons (Fsp3) is 1.00. The van der Waals surface area contributed by atoms with Crippen molar-refractivity contribution in [2.45, 2.75) is 38.3 Å². The summed E-state index contributed by atoms with van der Waals surface area (Å²) in [6.45, 7) is 6.23. The number of nitrogens with one attached hydrogen (secondary N) is 1. The topological polar surface area (TPSA) is 15.3 Å². The zero-order chi connectivity index (χ0) is 9.80. The second-order valence-corrected chi connectivity index (χ2v) is 5.74. The Morgan fingerprint density at radius 3 is 2.57 bits per heavy atom. The van der Waals surface area contributed by atoms with Crippen LogP contribution in [0.5, 0.6) is 0 Å². The quantitative estimate of drug-likeness (QED) is 0.765. The Labute approximate surface area is 91.8 Å². The zero-order valence-electron chi connectivity index (χ0n) is 9.17. The van der Waals surface area contributed by atoms with Gasteiger partial charge in [0.2, 0.25) is 0 Å². The minimum Gasteiger partial charge on any atom is -0.309 e. The van der Waals surface area contributed by atoms with Crippen molar-refractivity contribution in [2.75, 3.05) is 31.1 Å². The van der Waals surface area contributed by atoms with E-state index in [-0.39, 0.29) is 0 Å². The van der Waals surface area contributed by atoms with Crippen LogP contribution in [0, 0.1) is 0 Å². The molecule has 0 aromatic carbocycles. The van der Waals surface area contributed by atoms with Crippen molar-refractivity contribution in [3.63, 3.8) is 0 Å². The number of nitrogens with zero attached hydrogens (tertiary/aromatic N) is 1. The van der Waals surface area contributed by atoms with Crippen molar-refractivity contribution in [3.05, 3.63) is 0 Å². The average molecular weight is 214 g/mol. The summed E-state index contributed by atoms with van der Waals surface area (Å²) in [4.78, 5) is 2.62. The van der Waals surface area contributed by atoms with E-state index in [1.54, 1.807) is 0 Å². The Morgan fingerprint density at radius 2 is 2.00 bits per heavy atom. The molecule has 2 saturated heterocycles. The van der Waals surface area contributed by atoms with Crippen molar-refractivity contribution in [2.24, 2.45) is 0 Å². The summed E-state index contributed by atoms with van der Waals surface area (Å²) in [6, 6.07) is 1.48. The number of likely N-dealkylation sites (tertiary alicyclic amines) is 1. The van der Waals surface area contributed by atoms with Crippen LogP contribution in [0.25, 0.3) is 0 Å². The van der Waals surface area contributed by atoms with E-state index in [9.17, 15) is 0 Å². The van der Waals surface area contributed by atoms with Gasteiger partial charge in [0.1, 0.15) is 0 Å². The molecule has 0 aromatic heterocycles. The molecule has 0 saturated carbocycles. The fourth-order valence-corrected chi connectivity index (χ4v) is 2.98. The highest BCUT2D eigenvalue weighted by atomic mass is 32.2. The van der Waals surface area contributed by atoms with Crippen LogP contribution in [0.4, 0.5) is 0 Å². The first-order chi connectivity index (χ1) is 6.84. The van der Waals surface area contributed by atoms with Crippen molar-refractivity contribution in [3.8, 4) is 0 Å². The normalized spacial score (nSPS) is 27.2. The third-order valence-electron chi connectivity index (χ3n) is 3.14. The van der Waals surface area contributed by atoms with Crippen LogP contribution in [0.15, 0.2) is 0 Å². The van der Waals surface area contributed by atoms with Gasteiger partial charge in [-0.15, -0.1) is 0 Å². The highest BCUT2D eigenvalue weighted by molar-refractivity contribution is 8.00. The predicted molar refractivity (Wildman–Crippen MR) is 64.0 cm³/mol. The molecule has 0 bridgehead atoms. The van der Waals surface area contributed by atoms with Gasteiger partial charge >= 0.3 is 0 Å². The smallest absolute Gasteiger partial charge is 0.0251 e. The van der Waals surface area contributed by atoms with Gasteiger partial charge in [-0.25, -0.2) is 0 Å². The van der Waals surface area contributed by atoms with E-state index in [2.05, 4.69) is 28.9 Å². The Balaban J connectivity index is 1.62. The first kappa shape index (κ1) is 10.8. The van der Waals surface area contributed by atoms with Gasteiger partial charge in [0, 0.05) is 30.1 Å². The standard InChI is InChI=1S/C11H22N2S/c1-10(12-11-8-14-9-11)7-13-5-3-2-4-6-13/h10-12H,2-9H2,1H3. The molecule has 0 spiro atoms. The molecular formula is C11H22N2S. The molecule has 2 aliphatic heterocycles. The third kappa shape index (κ3) is 3.14. The highest BCUT2D eigenvalue weighted by Gasteiger charge is 2.21. The lowest BCUT2D eigenvalue weighted by Gasteiger charge is -2.33. The largest absolute Gasteiger partial charge is 0.309 e. The Hall–Kier alpha value is 0.270. The van der Waals surface area contributed by atoms with Crippen LogP contribution < -0.4 is 5.32 Å². The van der Waals surface area contributed by atoms with Gasteiger partial charge in [-0.2, -0.15) is 11.8 Å². The first-order valence-corrected chi connectivity index (χ1v) is 7.06. The maximum atomic E-state index is 3.70. The molecule has 2 aliphatic rings. The maximum Gasteiger partial charge on any atom is 0.0251 e. The summed E-state index contributed by atoms with van der Waals surface area (Å²) in [5.41, 5.74) is 0. The van der Waals surface area contributed by atoms with Crippen LogP contribution in [0.3, 0.4) is 0 Å². The Bertz CT molecular complexity index is 165. The molecule has 0 aliphatic carbocycles.